The Kier molecular flexibility index (Phi) is 5.59. The van der Waals surface area contributed by atoms with E-state index >= 15 is 0 Å². The second-order valence-corrected chi connectivity index (χ2v) is 3.77. The van der Waals surface area contributed by atoms with Gasteiger partial charge in [-0.2, -0.15) is 0 Å². The summed E-state index contributed by atoms with van der Waals surface area (Å²) in [6.45, 7) is 3.77. The number of hydrogen-bond donors (Lipinski definition) is 3. The minimum absolute atomic E-state index is 0.00602. The van der Waals surface area contributed by atoms with Crippen LogP contribution in [0.3, 0.4) is 0 Å². The first-order chi connectivity index (χ1) is 9.02. The van der Waals surface area contributed by atoms with Crippen molar-refractivity contribution in [3.63, 3.8) is 0 Å². The zero-order valence-corrected chi connectivity index (χ0v) is 10.9. The summed E-state index contributed by atoms with van der Waals surface area (Å²) in [5, 5.41) is 29.4. The number of esters is 1. The molecule has 0 bridgehead atoms. The fraction of sp³-hybridized carbons (Fsp3) is 0.462. The fourth-order valence-electron chi connectivity index (χ4n) is 1.58. The molecule has 1 aromatic carbocycles. The van der Waals surface area contributed by atoms with Crippen molar-refractivity contribution >= 4 is 5.97 Å². The van der Waals surface area contributed by atoms with Crippen LogP contribution in [-0.2, 0) is 9.53 Å². The van der Waals surface area contributed by atoms with Gasteiger partial charge in [-0.15, -0.1) is 0 Å². The van der Waals surface area contributed by atoms with E-state index in [4.69, 9.17) is 4.74 Å². The van der Waals surface area contributed by atoms with Crippen LogP contribution in [0.2, 0.25) is 0 Å². The van der Waals surface area contributed by atoms with Gasteiger partial charge in [0.1, 0.15) is 6.10 Å². The molecule has 19 heavy (non-hydrogen) atoms. The first-order valence-corrected chi connectivity index (χ1v) is 6.00. The van der Waals surface area contributed by atoms with Gasteiger partial charge in [0.25, 0.3) is 0 Å². The molecule has 2 atom stereocenters. The van der Waals surface area contributed by atoms with Gasteiger partial charge in [-0.3, -0.25) is 0 Å². The molecule has 0 aromatic heterocycles. The van der Waals surface area contributed by atoms with Crippen molar-refractivity contribution in [2.45, 2.75) is 26.1 Å². The Labute approximate surface area is 111 Å². The van der Waals surface area contributed by atoms with Crippen molar-refractivity contribution in [3.05, 3.63) is 23.8 Å². The van der Waals surface area contributed by atoms with E-state index in [1.165, 1.54) is 12.1 Å². The van der Waals surface area contributed by atoms with Crippen LogP contribution in [0.4, 0.5) is 0 Å². The predicted octanol–water partition coefficient (Wildman–Crippen LogP) is 0.748. The zero-order valence-electron chi connectivity index (χ0n) is 10.9. The second-order valence-electron chi connectivity index (χ2n) is 3.77. The Bertz CT molecular complexity index is 431. The van der Waals surface area contributed by atoms with Crippen molar-refractivity contribution in [1.82, 2.24) is 0 Å². The SMILES string of the molecule is CCOC(=O)C(O)C(O)c1cccc(OCC)c1O. The number of aromatic hydroxyl groups is 1. The summed E-state index contributed by atoms with van der Waals surface area (Å²) in [5.74, 6) is -1.08. The van der Waals surface area contributed by atoms with E-state index in [2.05, 4.69) is 4.74 Å². The van der Waals surface area contributed by atoms with E-state index < -0.39 is 18.2 Å². The number of carbonyl (C=O) groups is 1. The van der Waals surface area contributed by atoms with E-state index in [-0.39, 0.29) is 23.7 Å². The third kappa shape index (κ3) is 3.59. The number of aliphatic hydroxyl groups is 2. The third-order valence-corrected chi connectivity index (χ3v) is 2.48. The van der Waals surface area contributed by atoms with E-state index in [1.807, 2.05) is 0 Å². The monoisotopic (exact) mass is 270 g/mol. The standard InChI is InChI=1S/C13H18O6/c1-3-18-9-7-5-6-8(10(9)14)11(15)12(16)13(17)19-4-2/h5-7,11-12,14-16H,3-4H2,1-2H3. The van der Waals surface area contributed by atoms with Crippen LogP contribution in [0.1, 0.15) is 25.5 Å². The van der Waals surface area contributed by atoms with Crippen LogP contribution in [0.25, 0.3) is 0 Å². The van der Waals surface area contributed by atoms with Crippen LogP contribution < -0.4 is 4.74 Å². The van der Waals surface area contributed by atoms with Gasteiger partial charge in [0.2, 0.25) is 0 Å². The average Bonchev–Trinajstić information content (AvgIpc) is 2.40. The number of hydrogen-bond acceptors (Lipinski definition) is 6. The van der Waals surface area contributed by atoms with Crippen molar-refractivity contribution in [3.8, 4) is 11.5 Å². The minimum Gasteiger partial charge on any atom is -0.504 e. The number of benzene rings is 1. The highest BCUT2D eigenvalue weighted by atomic mass is 16.5. The lowest BCUT2D eigenvalue weighted by Gasteiger charge is -2.18. The molecule has 3 N–H and O–H groups in total. The molecule has 1 rings (SSSR count). The maximum absolute atomic E-state index is 11.3. The molecular formula is C13H18O6. The summed E-state index contributed by atoms with van der Waals surface area (Å²) in [6, 6.07) is 4.46. The van der Waals surface area contributed by atoms with Crippen molar-refractivity contribution in [2.24, 2.45) is 0 Å². The number of ether oxygens (including phenoxy) is 2. The number of rotatable bonds is 6. The van der Waals surface area contributed by atoms with Gasteiger partial charge in [0.05, 0.1) is 13.2 Å². The van der Waals surface area contributed by atoms with Gasteiger partial charge in [0, 0.05) is 5.56 Å². The summed E-state index contributed by atoms with van der Waals surface area (Å²) in [7, 11) is 0. The molecule has 0 radical (unpaired) electrons. The Morgan fingerprint density at radius 3 is 2.53 bits per heavy atom. The van der Waals surface area contributed by atoms with Crippen LogP contribution in [0.5, 0.6) is 11.5 Å². The highest BCUT2D eigenvalue weighted by Gasteiger charge is 2.29. The second kappa shape index (κ2) is 6.96. The highest BCUT2D eigenvalue weighted by molar-refractivity contribution is 5.75. The molecule has 0 saturated heterocycles. The summed E-state index contributed by atoms with van der Waals surface area (Å²) >= 11 is 0. The number of aliphatic hydroxyl groups excluding tert-OH is 2. The van der Waals surface area contributed by atoms with Gasteiger partial charge in [-0.25, -0.2) is 4.79 Å². The van der Waals surface area contributed by atoms with Gasteiger partial charge in [-0.1, -0.05) is 12.1 Å². The first kappa shape index (κ1) is 15.3. The highest BCUT2D eigenvalue weighted by Crippen LogP contribution is 2.35. The van der Waals surface area contributed by atoms with E-state index in [0.29, 0.717) is 6.61 Å². The molecule has 0 heterocycles. The number of para-hydroxylation sites is 1. The van der Waals surface area contributed by atoms with Crippen LogP contribution in [0.15, 0.2) is 18.2 Å². The lowest BCUT2D eigenvalue weighted by atomic mass is 10.0. The largest absolute Gasteiger partial charge is 0.504 e. The summed E-state index contributed by atoms with van der Waals surface area (Å²) < 4.78 is 9.76. The van der Waals surface area contributed by atoms with Gasteiger partial charge in [-0.05, 0) is 19.9 Å². The predicted molar refractivity (Wildman–Crippen MR) is 66.9 cm³/mol. The average molecular weight is 270 g/mol. The Balaban J connectivity index is 2.96. The third-order valence-electron chi connectivity index (χ3n) is 2.48. The molecule has 106 valence electrons. The Morgan fingerprint density at radius 2 is 1.95 bits per heavy atom. The van der Waals surface area contributed by atoms with E-state index in [9.17, 15) is 20.1 Å². The molecule has 0 saturated carbocycles. The van der Waals surface area contributed by atoms with Crippen LogP contribution >= 0.6 is 0 Å². The molecule has 2 unspecified atom stereocenters. The van der Waals surface area contributed by atoms with E-state index in [1.54, 1.807) is 19.9 Å². The lowest BCUT2D eigenvalue weighted by Crippen LogP contribution is -2.30. The number of phenols is 1. The normalized spacial score (nSPS) is 13.7. The van der Waals surface area contributed by atoms with Crippen molar-refractivity contribution in [1.29, 1.82) is 0 Å². The number of phenolic OH excluding ortho intramolecular Hbond substituents is 1. The first-order valence-electron chi connectivity index (χ1n) is 6.00. The number of carbonyl (C=O) groups excluding carboxylic acids is 1. The van der Waals surface area contributed by atoms with Crippen molar-refractivity contribution < 1.29 is 29.6 Å². The quantitative estimate of drug-likeness (QED) is 0.660. The summed E-state index contributed by atoms with van der Waals surface area (Å²) in [6.07, 6.45) is -3.35. The molecule has 1 aromatic rings. The van der Waals surface area contributed by atoms with Gasteiger partial charge in [0.15, 0.2) is 17.6 Å². The maximum Gasteiger partial charge on any atom is 0.338 e. The Morgan fingerprint density at radius 1 is 1.26 bits per heavy atom. The Hall–Kier alpha value is -1.79. The fourth-order valence-corrected chi connectivity index (χ4v) is 1.58. The van der Waals surface area contributed by atoms with Crippen molar-refractivity contribution in [2.75, 3.05) is 13.2 Å². The summed E-state index contributed by atoms with van der Waals surface area (Å²) in [4.78, 5) is 11.3. The van der Waals surface area contributed by atoms with Crippen LogP contribution in [0, 0.1) is 0 Å². The zero-order chi connectivity index (χ0) is 14.4. The molecule has 0 aliphatic rings. The maximum atomic E-state index is 11.3. The molecule has 0 aliphatic carbocycles. The van der Waals surface area contributed by atoms with Gasteiger partial charge >= 0.3 is 5.97 Å². The lowest BCUT2D eigenvalue weighted by molar-refractivity contribution is -0.159. The molecule has 0 fully saturated rings. The molecule has 0 aliphatic heterocycles. The molecule has 6 nitrogen and oxygen atoms in total. The summed E-state index contributed by atoms with van der Waals surface area (Å²) in [5.41, 5.74) is 0.00602. The smallest absolute Gasteiger partial charge is 0.338 e. The van der Waals surface area contributed by atoms with Crippen LogP contribution in [-0.4, -0.2) is 40.6 Å². The van der Waals surface area contributed by atoms with E-state index in [0.717, 1.165) is 0 Å². The topological polar surface area (TPSA) is 96.2 Å². The molecular weight excluding hydrogens is 252 g/mol. The molecule has 0 spiro atoms. The molecule has 0 amide bonds. The molecule has 6 heteroatoms. The minimum atomic E-state index is -1.76. The van der Waals surface area contributed by atoms with Gasteiger partial charge < -0.3 is 24.8 Å².